The Balaban J connectivity index is 2.06. The number of anilines is 1. The molecule has 1 N–H and O–H groups in total. The molecule has 0 bridgehead atoms. The van der Waals surface area contributed by atoms with Gasteiger partial charge in [0.05, 0.1) is 16.6 Å². The summed E-state index contributed by atoms with van der Waals surface area (Å²) in [5.74, 6) is 0.00172. The molecular formula is C16H25N3O3S. The summed E-state index contributed by atoms with van der Waals surface area (Å²) in [7, 11) is -3.42. The molecule has 0 saturated carbocycles. The summed E-state index contributed by atoms with van der Waals surface area (Å²) in [5.41, 5.74) is 0.916. The van der Waals surface area contributed by atoms with Crippen molar-refractivity contribution in [3.8, 4) is 0 Å². The Labute approximate surface area is 138 Å². The number of pyridine rings is 1. The van der Waals surface area contributed by atoms with Crippen LogP contribution in [0.3, 0.4) is 0 Å². The summed E-state index contributed by atoms with van der Waals surface area (Å²) >= 11 is 0. The third kappa shape index (κ3) is 4.02. The number of carbonyl (C=O) groups excluding carboxylic acids is 1. The van der Waals surface area contributed by atoms with Crippen LogP contribution in [-0.2, 0) is 14.6 Å². The molecule has 2 heterocycles. The van der Waals surface area contributed by atoms with Crippen LogP contribution in [0.4, 0.5) is 5.69 Å². The normalized spacial score (nSPS) is 17.1. The number of nitrogens with one attached hydrogen (secondary N) is 1. The van der Waals surface area contributed by atoms with Crippen LogP contribution in [0.15, 0.2) is 23.4 Å². The minimum absolute atomic E-state index is 0.00172. The summed E-state index contributed by atoms with van der Waals surface area (Å²) in [6.45, 7) is 8.18. The maximum atomic E-state index is 12.4. The average molecular weight is 339 g/mol. The second-order valence-corrected chi connectivity index (χ2v) is 9.58. The first-order valence-electron chi connectivity index (χ1n) is 7.84. The van der Waals surface area contributed by atoms with Gasteiger partial charge in [0.25, 0.3) is 0 Å². The maximum Gasteiger partial charge on any atom is 0.217 e. The lowest BCUT2D eigenvalue weighted by Gasteiger charge is -2.33. The van der Waals surface area contributed by atoms with Crippen molar-refractivity contribution in [2.24, 2.45) is 0 Å². The molecule has 6 nitrogen and oxygen atoms in total. The highest BCUT2D eigenvalue weighted by Crippen LogP contribution is 2.25. The lowest BCUT2D eigenvalue weighted by molar-refractivity contribution is -0.119. The van der Waals surface area contributed by atoms with Gasteiger partial charge in [-0.1, -0.05) is 0 Å². The zero-order valence-corrected chi connectivity index (χ0v) is 15.0. The fraction of sp³-hybridized carbons (Fsp3) is 0.625. The predicted molar refractivity (Wildman–Crippen MR) is 90.2 cm³/mol. The van der Waals surface area contributed by atoms with E-state index in [0.717, 1.165) is 31.6 Å². The first kappa shape index (κ1) is 17.7. The Morgan fingerprint density at radius 3 is 2.30 bits per heavy atom. The highest BCUT2D eigenvalue weighted by Gasteiger charge is 2.32. The van der Waals surface area contributed by atoms with Crippen LogP contribution in [0.5, 0.6) is 0 Å². The molecule has 1 amide bonds. The zero-order valence-electron chi connectivity index (χ0n) is 14.2. The van der Waals surface area contributed by atoms with Gasteiger partial charge in [0.15, 0.2) is 14.9 Å². The molecule has 128 valence electrons. The molecule has 0 spiro atoms. The van der Waals surface area contributed by atoms with Gasteiger partial charge in [-0.2, -0.15) is 0 Å². The van der Waals surface area contributed by atoms with Crippen molar-refractivity contribution in [3.63, 3.8) is 0 Å². The molecular weight excluding hydrogens is 314 g/mol. The number of carbonyl (C=O) groups is 1. The Bertz CT molecular complexity index is 655. The maximum absolute atomic E-state index is 12.4. The van der Waals surface area contributed by atoms with Gasteiger partial charge < -0.3 is 10.2 Å². The van der Waals surface area contributed by atoms with E-state index in [1.54, 1.807) is 33.0 Å². The Morgan fingerprint density at radius 1 is 1.26 bits per heavy atom. The van der Waals surface area contributed by atoms with E-state index >= 15 is 0 Å². The van der Waals surface area contributed by atoms with Gasteiger partial charge in [-0.3, -0.25) is 4.79 Å². The standard InChI is InChI=1S/C16H25N3O3S/c1-12(20)18-13-7-9-19(10-8-13)14-5-6-15(17-11-14)23(21,22)16(2,3)4/h5-6,11,13H,7-10H2,1-4H3,(H,18,20). The average Bonchev–Trinajstić information content (AvgIpc) is 2.46. The minimum atomic E-state index is -3.42. The van der Waals surface area contributed by atoms with E-state index in [2.05, 4.69) is 15.2 Å². The Morgan fingerprint density at radius 2 is 1.87 bits per heavy atom. The Kier molecular flexibility index (Phi) is 4.98. The molecule has 23 heavy (non-hydrogen) atoms. The van der Waals surface area contributed by atoms with Gasteiger partial charge in [0, 0.05) is 26.1 Å². The number of sulfone groups is 1. The number of aromatic nitrogens is 1. The van der Waals surface area contributed by atoms with Crippen molar-refractivity contribution in [2.75, 3.05) is 18.0 Å². The molecule has 1 aliphatic rings. The van der Waals surface area contributed by atoms with E-state index in [1.165, 1.54) is 6.92 Å². The number of piperidine rings is 1. The molecule has 1 aromatic heterocycles. The predicted octanol–water partition coefficient (Wildman–Crippen LogP) is 1.76. The monoisotopic (exact) mass is 339 g/mol. The summed E-state index contributed by atoms with van der Waals surface area (Å²) in [6, 6.07) is 3.61. The summed E-state index contributed by atoms with van der Waals surface area (Å²) < 4.78 is 23.9. The van der Waals surface area contributed by atoms with Crippen molar-refractivity contribution in [3.05, 3.63) is 18.3 Å². The largest absolute Gasteiger partial charge is 0.370 e. The smallest absolute Gasteiger partial charge is 0.217 e. The van der Waals surface area contributed by atoms with Crippen LogP contribution >= 0.6 is 0 Å². The molecule has 1 fully saturated rings. The molecule has 1 aliphatic heterocycles. The quantitative estimate of drug-likeness (QED) is 0.908. The molecule has 0 atom stereocenters. The molecule has 0 unspecified atom stereocenters. The van der Waals surface area contributed by atoms with Crippen LogP contribution in [0.25, 0.3) is 0 Å². The molecule has 2 rings (SSSR count). The van der Waals surface area contributed by atoms with Gasteiger partial charge in [-0.15, -0.1) is 0 Å². The van der Waals surface area contributed by atoms with Crippen molar-refractivity contribution in [2.45, 2.75) is 56.4 Å². The summed E-state index contributed by atoms with van der Waals surface area (Å²) in [4.78, 5) is 17.4. The second kappa shape index (κ2) is 6.47. The van der Waals surface area contributed by atoms with Crippen LogP contribution in [0.2, 0.25) is 0 Å². The highest BCUT2D eigenvalue weighted by atomic mass is 32.2. The third-order valence-corrected chi connectivity index (χ3v) is 6.47. The van der Waals surface area contributed by atoms with Crippen molar-refractivity contribution >= 4 is 21.4 Å². The van der Waals surface area contributed by atoms with Crippen molar-refractivity contribution < 1.29 is 13.2 Å². The topological polar surface area (TPSA) is 79.4 Å². The van der Waals surface area contributed by atoms with Gasteiger partial charge in [0.2, 0.25) is 5.91 Å². The Hall–Kier alpha value is -1.63. The van der Waals surface area contributed by atoms with Crippen LogP contribution in [0.1, 0.15) is 40.5 Å². The molecule has 0 aromatic carbocycles. The second-order valence-electron chi connectivity index (χ2n) is 6.93. The van der Waals surface area contributed by atoms with Gasteiger partial charge in [-0.25, -0.2) is 13.4 Å². The summed E-state index contributed by atoms with van der Waals surface area (Å²) in [5, 5.41) is 3.05. The lowest BCUT2D eigenvalue weighted by atomic mass is 10.0. The highest BCUT2D eigenvalue weighted by molar-refractivity contribution is 7.92. The number of nitrogens with zero attached hydrogens (tertiary/aromatic N) is 2. The van der Waals surface area contributed by atoms with Gasteiger partial charge in [-0.05, 0) is 45.7 Å². The SMILES string of the molecule is CC(=O)NC1CCN(c2ccc(S(=O)(=O)C(C)(C)C)nc2)CC1. The van der Waals surface area contributed by atoms with E-state index in [9.17, 15) is 13.2 Å². The minimum Gasteiger partial charge on any atom is -0.370 e. The molecule has 1 aromatic rings. The van der Waals surface area contributed by atoms with Gasteiger partial charge in [0.1, 0.15) is 0 Å². The lowest BCUT2D eigenvalue weighted by Crippen LogP contribution is -2.44. The van der Waals surface area contributed by atoms with E-state index in [-0.39, 0.29) is 17.0 Å². The van der Waals surface area contributed by atoms with Crippen LogP contribution < -0.4 is 10.2 Å². The zero-order chi connectivity index (χ0) is 17.3. The number of hydrogen-bond donors (Lipinski definition) is 1. The molecule has 1 saturated heterocycles. The number of amides is 1. The van der Waals surface area contributed by atoms with E-state index in [1.807, 2.05) is 6.07 Å². The first-order chi connectivity index (χ1) is 10.6. The van der Waals surface area contributed by atoms with Crippen molar-refractivity contribution in [1.82, 2.24) is 10.3 Å². The molecule has 0 radical (unpaired) electrons. The summed E-state index contributed by atoms with van der Waals surface area (Å²) in [6.07, 6.45) is 3.38. The molecule has 7 heteroatoms. The number of hydrogen-bond acceptors (Lipinski definition) is 5. The van der Waals surface area contributed by atoms with Crippen LogP contribution in [0, 0.1) is 0 Å². The molecule has 0 aliphatic carbocycles. The van der Waals surface area contributed by atoms with E-state index in [0.29, 0.717) is 0 Å². The fourth-order valence-electron chi connectivity index (χ4n) is 2.60. The van der Waals surface area contributed by atoms with Crippen molar-refractivity contribution in [1.29, 1.82) is 0 Å². The van der Waals surface area contributed by atoms with Gasteiger partial charge >= 0.3 is 0 Å². The fourth-order valence-corrected chi connectivity index (χ4v) is 3.67. The van der Waals surface area contributed by atoms with E-state index in [4.69, 9.17) is 0 Å². The number of rotatable bonds is 3. The first-order valence-corrected chi connectivity index (χ1v) is 9.32. The third-order valence-electron chi connectivity index (χ3n) is 4.07. The van der Waals surface area contributed by atoms with E-state index < -0.39 is 14.6 Å². The van der Waals surface area contributed by atoms with Crippen LogP contribution in [-0.4, -0.2) is 43.2 Å².